The number of nitrogens with zero attached hydrogens (tertiary/aromatic N) is 3. The number of likely N-dealkylation sites (N-methyl/N-ethyl adjacent to an activating group) is 1. The summed E-state index contributed by atoms with van der Waals surface area (Å²) in [5, 5.41) is 8.96. The number of piperazine rings is 1. The summed E-state index contributed by atoms with van der Waals surface area (Å²) in [5.74, 6) is 0.0964. The Kier molecular flexibility index (Phi) is 4.03. The molecule has 0 saturated carbocycles. The molecule has 1 aromatic carbocycles. The van der Waals surface area contributed by atoms with Gasteiger partial charge in [0, 0.05) is 25.8 Å². The van der Waals surface area contributed by atoms with Crippen LogP contribution in [0.5, 0.6) is 0 Å². The van der Waals surface area contributed by atoms with Crippen LogP contribution >= 0.6 is 0 Å². The fourth-order valence-corrected chi connectivity index (χ4v) is 2.41. The van der Waals surface area contributed by atoms with Crippen LogP contribution in [0.25, 0.3) is 0 Å². The molecule has 1 amide bonds. The van der Waals surface area contributed by atoms with Crippen LogP contribution in [0.4, 0.5) is 5.69 Å². The molecular weight excluding hydrogens is 240 g/mol. The number of nitriles is 1. The van der Waals surface area contributed by atoms with Crippen molar-refractivity contribution in [2.75, 3.05) is 31.6 Å². The van der Waals surface area contributed by atoms with Gasteiger partial charge in [-0.1, -0.05) is 6.07 Å². The second-order valence-electron chi connectivity index (χ2n) is 4.71. The second-order valence-corrected chi connectivity index (χ2v) is 4.71. The summed E-state index contributed by atoms with van der Waals surface area (Å²) in [6, 6.07) is 9.26. The van der Waals surface area contributed by atoms with Crippen LogP contribution in [0.15, 0.2) is 24.3 Å². The summed E-state index contributed by atoms with van der Waals surface area (Å²) < 4.78 is 0. The molecule has 0 radical (unpaired) electrons. The highest BCUT2D eigenvalue weighted by Crippen LogP contribution is 2.23. The van der Waals surface area contributed by atoms with Gasteiger partial charge in [0.2, 0.25) is 5.91 Å². The summed E-state index contributed by atoms with van der Waals surface area (Å²) in [7, 11) is 1.81. The maximum absolute atomic E-state index is 12.2. The average molecular weight is 258 g/mol. The summed E-state index contributed by atoms with van der Waals surface area (Å²) in [6.07, 6.45) is 0.625. The zero-order valence-corrected chi connectivity index (χ0v) is 11.0. The van der Waals surface area contributed by atoms with Crippen molar-refractivity contribution in [1.29, 1.82) is 5.26 Å². The molecule has 1 unspecified atom stereocenters. The molecular formula is C14H18N4O. The number of amides is 1. The standard InChI is InChI=1S/C14H18N4O/c1-17-7-8-18(13(5-6-15)14(17)19)12-4-2-3-11(9-12)10-16/h2-4,9,13H,5-8,15H2,1H3. The summed E-state index contributed by atoms with van der Waals surface area (Å²) in [4.78, 5) is 16.0. The van der Waals surface area contributed by atoms with Gasteiger partial charge >= 0.3 is 0 Å². The Labute approximate surface area is 113 Å². The van der Waals surface area contributed by atoms with Crippen LogP contribution in [0, 0.1) is 11.3 Å². The van der Waals surface area contributed by atoms with Gasteiger partial charge in [0.25, 0.3) is 0 Å². The molecule has 1 saturated heterocycles. The number of anilines is 1. The largest absolute Gasteiger partial charge is 0.358 e. The van der Waals surface area contributed by atoms with Gasteiger partial charge < -0.3 is 15.5 Å². The Morgan fingerprint density at radius 1 is 1.47 bits per heavy atom. The Bertz CT molecular complexity index is 508. The summed E-state index contributed by atoms with van der Waals surface area (Å²) >= 11 is 0. The lowest BCUT2D eigenvalue weighted by Crippen LogP contribution is -2.56. The van der Waals surface area contributed by atoms with E-state index in [0.717, 1.165) is 12.2 Å². The van der Waals surface area contributed by atoms with Gasteiger partial charge in [-0.05, 0) is 31.2 Å². The molecule has 19 heavy (non-hydrogen) atoms. The third kappa shape index (κ3) is 2.69. The van der Waals surface area contributed by atoms with E-state index in [-0.39, 0.29) is 11.9 Å². The van der Waals surface area contributed by atoms with Gasteiger partial charge in [-0.15, -0.1) is 0 Å². The highest BCUT2D eigenvalue weighted by Gasteiger charge is 2.32. The zero-order chi connectivity index (χ0) is 13.8. The maximum atomic E-state index is 12.2. The van der Waals surface area contributed by atoms with Crippen LogP contribution in [0.3, 0.4) is 0 Å². The smallest absolute Gasteiger partial charge is 0.245 e. The quantitative estimate of drug-likeness (QED) is 0.859. The summed E-state index contributed by atoms with van der Waals surface area (Å²) in [6.45, 7) is 1.93. The predicted molar refractivity (Wildman–Crippen MR) is 73.6 cm³/mol. The molecule has 2 rings (SSSR count). The SMILES string of the molecule is CN1CCN(c2cccc(C#N)c2)C(CCN)C1=O. The van der Waals surface area contributed by atoms with Crippen molar-refractivity contribution in [1.82, 2.24) is 4.90 Å². The molecule has 2 N–H and O–H groups in total. The van der Waals surface area contributed by atoms with Crippen LogP contribution in [-0.4, -0.2) is 43.5 Å². The van der Waals surface area contributed by atoms with Gasteiger partial charge in [-0.25, -0.2) is 0 Å². The molecule has 1 aliphatic heterocycles. The lowest BCUT2D eigenvalue weighted by Gasteiger charge is -2.40. The van der Waals surface area contributed by atoms with E-state index in [9.17, 15) is 4.79 Å². The van der Waals surface area contributed by atoms with Gasteiger partial charge in [-0.2, -0.15) is 5.26 Å². The number of hydrogen-bond acceptors (Lipinski definition) is 4. The van der Waals surface area contributed by atoms with Crippen LogP contribution in [0.1, 0.15) is 12.0 Å². The minimum absolute atomic E-state index is 0.0964. The first kappa shape index (κ1) is 13.4. The predicted octanol–water partition coefficient (Wildman–Crippen LogP) is 0.554. The Hall–Kier alpha value is -2.06. The minimum Gasteiger partial charge on any atom is -0.358 e. The van der Waals surface area contributed by atoms with E-state index in [2.05, 4.69) is 11.0 Å². The molecule has 1 aliphatic rings. The van der Waals surface area contributed by atoms with Gasteiger partial charge in [0.15, 0.2) is 0 Å². The first-order chi connectivity index (χ1) is 9.17. The Morgan fingerprint density at radius 2 is 2.26 bits per heavy atom. The van der Waals surface area contributed by atoms with Gasteiger partial charge in [-0.3, -0.25) is 4.79 Å². The van der Waals surface area contributed by atoms with Crippen molar-refractivity contribution in [2.24, 2.45) is 5.73 Å². The normalized spacial score (nSPS) is 19.4. The van der Waals surface area contributed by atoms with Crippen molar-refractivity contribution in [2.45, 2.75) is 12.5 Å². The van der Waals surface area contributed by atoms with Crippen LogP contribution in [-0.2, 0) is 4.79 Å². The molecule has 1 atom stereocenters. The van der Waals surface area contributed by atoms with Crippen molar-refractivity contribution in [3.63, 3.8) is 0 Å². The fourth-order valence-electron chi connectivity index (χ4n) is 2.41. The molecule has 1 aromatic rings. The lowest BCUT2D eigenvalue weighted by molar-refractivity contribution is -0.133. The summed E-state index contributed by atoms with van der Waals surface area (Å²) in [5.41, 5.74) is 7.14. The number of benzene rings is 1. The number of rotatable bonds is 3. The molecule has 100 valence electrons. The molecule has 0 aromatic heterocycles. The molecule has 5 heteroatoms. The molecule has 0 bridgehead atoms. The highest BCUT2D eigenvalue weighted by molar-refractivity contribution is 5.86. The van der Waals surface area contributed by atoms with Crippen molar-refractivity contribution in [3.05, 3.63) is 29.8 Å². The zero-order valence-electron chi connectivity index (χ0n) is 11.0. The molecule has 0 spiro atoms. The monoisotopic (exact) mass is 258 g/mol. The van der Waals surface area contributed by atoms with Crippen molar-refractivity contribution >= 4 is 11.6 Å². The number of carbonyl (C=O) groups excluding carboxylic acids is 1. The Balaban J connectivity index is 2.30. The van der Waals surface area contributed by atoms with E-state index in [1.54, 1.807) is 11.0 Å². The molecule has 0 aliphatic carbocycles. The van der Waals surface area contributed by atoms with Gasteiger partial charge in [0.1, 0.15) is 6.04 Å². The van der Waals surface area contributed by atoms with Crippen molar-refractivity contribution < 1.29 is 4.79 Å². The van der Waals surface area contributed by atoms with E-state index in [0.29, 0.717) is 25.1 Å². The Morgan fingerprint density at radius 3 is 2.95 bits per heavy atom. The number of nitrogens with two attached hydrogens (primary N) is 1. The van der Waals surface area contributed by atoms with E-state index >= 15 is 0 Å². The van der Waals surface area contributed by atoms with Gasteiger partial charge in [0.05, 0.1) is 11.6 Å². The second kappa shape index (κ2) is 5.72. The fraction of sp³-hybridized carbons (Fsp3) is 0.429. The van der Waals surface area contributed by atoms with E-state index in [1.165, 1.54) is 0 Å². The first-order valence-electron chi connectivity index (χ1n) is 6.39. The van der Waals surface area contributed by atoms with Crippen LogP contribution in [0.2, 0.25) is 0 Å². The van der Waals surface area contributed by atoms with Crippen molar-refractivity contribution in [3.8, 4) is 6.07 Å². The third-order valence-corrected chi connectivity index (χ3v) is 3.46. The lowest BCUT2D eigenvalue weighted by atomic mass is 10.1. The molecule has 5 nitrogen and oxygen atoms in total. The van der Waals surface area contributed by atoms with Crippen LogP contribution < -0.4 is 10.6 Å². The van der Waals surface area contributed by atoms with E-state index in [4.69, 9.17) is 11.0 Å². The number of carbonyl (C=O) groups is 1. The third-order valence-electron chi connectivity index (χ3n) is 3.46. The molecule has 1 fully saturated rings. The van der Waals surface area contributed by atoms with E-state index < -0.39 is 0 Å². The maximum Gasteiger partial charge on any atom is 0.245 e. The molecule has 1 heterocycles. The number of hydrogen-bond donors (Lipinski definition) is 1. The minimum atomic E-state index is -0.224. The topological polar surface area (TPSA) is 73.4 Å². The first-order valence-corrected chi connectivity index (χ1v) is 6.39. The average Bonchev–Trinajstić information content (AvgIpc) is 2.44. The highest BCUT2D eigenvalue weighted by atomic mass is 16.2. The van der Waals surface area contributed by atoms with E-state index in [1.807, 2.05) is 25.2 Å².